The molecule has 0 unspecified atom stereocenters. The van der Waals surface area contributed by atoms with Gasteiger partial charge in [-0.05, 0) is 55.3 Å². The first-order chi connectivity index (χ1) is 18.2. The number of anilines is 1. The largest absolute Gasteiger partial charge is 0.486 e. The fraction of sp³-hybridized carbons (Fsp3) is 0.269. The van der Waals surface area contributed by atoms with Gasteiger partial charge in [0.25, 0.3) is 0 Å². The molecule has 0 aliphatic rings. The van der Waals surface area contributed by atoms with Crippen molar-refractivity contribution >= 4 is 46.9 Å². The quantitative estimate of drug-likeness (QED) is 0.204. The molecule has 1 amide bonds. The molecule has 0 bridgehead atoms. The molecule has 0 spiro atoms. The molecular formula is C26H27ClN4O6S. The molecule has 0 atom stereocenters. The van der Waals surface area contributed by atoms with Crippen molar-refractivity contribution in [2.45, 2.75) is 32.2 Å². The first kappa shape index (κ1) is 28.7. The zero-order chi connectivity index (χ0) is 27.8. The van der Waals surface area contributed by atoms with Crippen LogP contribution in [0.5, 0.6) is 5.75 Å². The monoisotopic (exact) mass is 558 g/mol. The van der Waals surface area contributed by atoms with Gasteiger partial charge in [0.15, 0.2) is 11.0 Å². The number of aromatic nitrogens is 3. The zero-order valence-corrected chi connectivity index (χ0v) is 22.9. The van der Waals surface area contributed by atoms with Crippen molar-refractivity contribution in [3.63, 3.8) is 0 Å². The van der Waals surface area contributed by atoms with E-state index in [4.69, 9.17) is 25.8 Å². The van der Waals surface area contributed by atoms with E-state index in [0.29, 0.717) is 28.3 Å². The second-order valence-electron chi connectivity index (χ2n) is 8.04. The molecule has 0 aliphatic carbocycles. The van der Waals surface area contributed by atoms with E-state index in [1.54, 1.807) is 10.6 Å². The van der Waals surface area contributed by atoms with Crippen LogP contribution in [-0.2, 0) is 27.4 Å². The maximum atomic E-state index is 12.8. The zero-order valence-electron chi connectivity index (χ0n) is 21.4. The number of thioether (sulfide) groups is 1. The third-order valence-corrected chi connectivity index (χ3v) is 6.90. The number of rotatable bonds is 11. The number of carbonyl (C=O) groups is 3. The van der Waals surface area contributed by atoms with Crippen molar-refractivity contribution in [3.05, 3.63) is 76.1 Å². The Morgan fingerprint density at radius 3 is 2.39 bits per heavy atom. The third-order valence-electron chi connectivity index (χ3n) is 5.34. The molecule has 200 valence electrons. The Morgan fingerprint density at radius 2 is 1.76 bits per heavy atom. The number of benzene rings is 2. The Morgan fingerprint density at radius 1 is 1.08 bits per heavy atom. The average Bonchev–Trinajstić information content (AvgIpc) is 3.29. The van der Waals surface area contributed by atoms with Gasteiger partial charge in [-0.15, -0.1) is 16.8 Å². The van der Waals surface area contributed by atoms with E-state index in [2.05, 4.69) is 22.1 Å². The lowest BCUT2D eigenvalue weighted by atomic mass is 10.1. The number of nitrogens with one attached hydrogen (secondary N) is 1. The number of amides is 1. The van der Waals surface area contributed by atoms with Gasteiger partial charge in [0.05, 0.1) is 36.8 Å². The molecule has 0 fully saturated rings. The minimum Gasteiger partial charge on any atom is -0.486 e. The molecule has 0 saturated heterocycles. The maximum absolute atomic E-state index is 12.8. The summed E-state index contributed by atoms with van der Waals surface area (Å²) in [6, 6.07) is 7.85. The van der Waals surface area contributed by atoms with Crippen LogP contribution in [0.25, 0.3) is 0 Å². The van der Waals surface area contributed by atoms with Crippen molar-refractivity contribution in [1.29, 1.82) is 0 Å². The highest BCUT2D eigenvalue weighted by atomic mass is 35.5. The lowest BCUT2D eigenvalue weighted by molar-refractivity contribution is -0.113. The number of aryl methyl sites for hydroxylation is 2. The number of carbonyl (C=O) groups excluding carboxylic acids is 3. The molecule has 12 heteroatoms. The smallest absolute Gasteiger partial charge is 0.339 e. The number of halogens is 1. The van der Waals surface area contributed by atoms with Crippen molar-refractivity contribution in [3.8, 4) is 5.75 Å². The fourth-order valence-electron chi connectivity index (χ4n) is 3.48. The molecule has 1 aromatic heterocycles. The number of esters is 2. The van der Waals surface area contributed by atoms with Crippen molar-refractivity contribution < 1.29 is 28.6 Å². The van der Waals surface area contributed by atoms with E-state index in [0.717, 1.165) is 22.9 Å². The predicted molar refractivity (Wildman–Crippen MR) is 144 cm³/mol. The molecule has 0 saturated carbocycles. The van der Waals surface area contributed by atoms with E-state index in [9.17, 15) is 14.4 Å². The number of allylic oxidation sites excluding steroid dienone is 1. The highest BCUT2D eigenvalue weighted by Crippen LogP contribution is 2.27. The molecule has 0 radical (unpaired) electrons. The van der Waals surface area contributed by atoms with Crippen LogP contribution in [0.1, 0.15) is 37.7 Å². The highest BCUT2D eigenvalue weighted by Gasteiger charge is 2.19. The molecule has 3 aromatic rings. The van der Waals surface area contributed by atoms with Crippen LogP contribution in [0.2, 0.25) is 5.02 Å². The third kappa shape index (κ3) is 6.93. The summed E-state index contributed by atoms with van der Waals surface area (Å²) < 4.78 is 17.2. The van der Waals surface area contributed by atoms with Gasteiger partial charge in [-0.2, -0.15) is 0 Å². The average molecular weight is 559 g/mol. The molecule has 0 aliphatic heterocycles. The van der Waals surface area contributed by atoms with Crippen molar-refractivity contribution in [2.75, 3.05) is 25.3 Å². The number of methoxy groups -OCH3 is 2. The van der Waals surface area contributed by atoms with Gasteiger partial charge in [0.1, 0.15) is 12.4 Å². The van der Waals surface area contributed by atoms with E-state index in [1.165, 1.54) is 32.4 Å². The van der Waals surface area contributed by atoms with Gasteiger partial charge in [-0.1, -0.05) is 29.4 Å². The first-order valence-corrected chi connectivity index (χ1v) is 12.7. The second kappa shape index (κ2) is 13.1. The highest BCUT2D eigenvalue weighted by molar-refractivity contribution is 7.99. The lowest BCUT2D eigenvalue weighted by Crippen LogP contribution is -2.18. The van der Waals surface area contributed by atoms with Gasteiger partial charge in [0.2, 0.25) is 5.91 Å². The van der Waals surface area contributed by atoms with Crippen molar-refractivity contribution in [1.82, 2.24) is 14.8 Å². The summed E-state index contributed by atoms with van der Waals surface area (Å²) in [4.78, 5) is 36.8. The lowest BCUT2D eigenvalue weighted by Gasteiger charge is -2.12. The van der Waals surface area contributed by atoms with Crippen LogP contribution in [-0.4, -0.2) is 52.6 Å². The normalized spacial score (nSPS) is 10.6. The molecule has 1 heterocycles. The van der Waals surface area contributed by atoms with Crippen LogP contribution in [0.3, 0.4) is 0 Å². The Balaban J connectivity index is 1.72. The Kier molecular flexibility index (Phi) is 9.91. The Labute approximate surface area is 229 Å². The topological polar surface area (TPSA) is 122 Å². The molecular weight excluding hydrogens is 532 g/mol. The summed E-state index contributed by atoms with van der Waals surface area (Å²) in [6.45, 7) is 8.15. The van der Waals surface area contributed by atoms with Crippen molar-refractivity contribution in [2.24, 2.45) is 0 Å². The Hall–Kier alpha value is -3.83. The van der Waals surface area contributed by atoms with Gasteiger partial charge < -0.3 is 19.5 Å². The van der Waals surface area contributed by atoms with Gasteiger partial charge in [-0.3, -0.25) is 9.36 Å². The number of ether oxygens (including phenoxy) is 3. The van der Waals surface area contributed by atoms with E-state index in [-0.39, 0.29) is 29.2 Å². The minimum absolute atomic E-state index is 0.0469. The predicted octanol–water partition coefficient (Wildman–Crippen LogP) is 4.62. The summed E-state index contributed by atoms with van der Waals surface area (Å²) >= 11 is 7.38. The summed E-state index contributed by atoms with van der Waals surface area (Å²) in [5.41, 5.74) is 2.21. The van der Waals surface area contributed by atoms with E-state index >= 15 is 0 Å². The van der Waals surface area contributed by atoms with Gasteiger partial charge in [0, 0.05) is 11.6 Å². The standard InChI is InChI=1S/C26H27ClN4O6S/c1-6-9-31-21(13-37-18-10-15(2)23(27)16(3)11-18)29-30-26(31)38-14-22(32)28-20-12-17(24(33)35-4)7-8-19(20)25(34)36-5/h6-8,10-12H,1,9,13-14H2,2-5H3,(H,28,32). The fourth-order valence-corrected chi connectivity index (χ4v) is 4.35. The van der Waals surface area contributed by atoms with Crippen LogP contribution in [0, 0.1) is 13.8 Å². The number of nitrogens with zero attached hydrogens (tertiary/aromatic N) is 3. The van der Waals surface area contributed by atoms with E-state index < -0.39 is 17.8 Å². The van der Waals surface area contributed by atoms with Crippen LogP contribution in [0.4, 0.5) is 5.69 Å². The molecule has 2 aromatic carbocycles. The molecule has 10 nitrogen and oxygen atoms in total. The number of hydrogen-bond acceptors (Lipinski definition) is 9. The summed E-state index contributed by atoms with van der Waals surface area (Å²) in [6.07, 6.45) is 1.69. The van der Waals surface area contributed by atoms with Crippen LogP contribution < -0.4 is 10.1 Å². The minimum atomic E-state index is -0.661. The van der Waals surface area contributed by atoms with Gasteiger partial charge in [-0.25, -0.2) is 9.59 Å². The van der Waals surface area contributed by atoms with Gasteiger partial charge >= 0.3 is 11.9 Å². The summed E-state index contributed by atoms with van der Waals surface area (Å²) in [5.74, 6) is -0.540. The summed E-state index contributed by atoms with van der Waals surface area (Å²) in [5, 5.41) is 12.2. The van der Waals surface area contributed by atoms with Crippen LogP contribution in [0.15, 0.2) is 48.1 Å². The second-order valence-corrected chi connectivity index (χ2v) is 9.36. The maximum Gasteiger partial charge on any atom is 0.339 e. The molecule has 3 rings (SSSR count). The van der Waals surface area contributed by atoms with E-state index in [1.807, 2.05) is 26.0 Å². The first-order valence-electron chi connectivity index (χ1n) is 11.3. The number of hydrogen-bond donors (Lipinski definition) is 1. The molecule has 38 heavy (non-hydrogen) atoms. The molecule has 1 N–H and O–H groups in total. The SMILES string of the molecule is C=CCn1c(COc2cc(C)c(Cl)c(C)c2)nnc1SCC(=O)Nc1cc(C(=O)OC)ccc1C(=O)OC. The summed E-state index contributed by atoms with van der Waals surface area (Å²) in [7, 11) is 2.46. The van der Waals surface area contributed by atoms with Crippen LogP contribution >= 0.6 is 23.4 Å². The Bertz CT molecular complexity index is 1350.